The summed E-state index contributed by atoms with van der Waals surface area (Å²) in [6, 6.07) is 17.0. The Kier molecular flexibility index (Phi) is 2.55. The van der Waals surface area contributed by atoms with Gasteiger partial charge in [-0.1, -0.05) is 61.2 Å². The third-order valence-electron chi connectivity index (χ3n) is 2.27. The van der Waals surface area contributed by atoms with E-state index in [-0.39, 0.29) is 0 Å². The molecule has 0 heterocycles. The first kappa shape index (κ1) is 9.53. The highest BCUT2D eigenvalue weighted by atomic mass is 16.3. The van der Waals surface area contributed by atoms with Crippen molar-refractivity contribution in [1.29, 1.82) is 0 Å². The Morgan fingerprint density at radius 2 is 1.47 bits per heavy atom. The zero-order valence-electron chi connectivity index (χ0n) is 8.35. The molecule has 15 heavy (non-hydrogen) atoms. The van der Waals surface area contributed by atoms with E-state index >= 15 is 0 Å². The second-order valence-corrected chi connectivity index (χ2v) is 3.41. The first-order valence-corrected chi connectivity index (χ1v) is 4.81. The van der Waals surface area contributed by atoms with Crippen LogP contribution in [0.3, 0.4) is 0 Å². The molecule has 1 heteroatoms. The van der Waals surface area contributed by atoms with E-state index in [1.54, 1.807) is 0 Å². The molecule has 2 aromatic carbocycles. The summed E-state index contributed by atoms with van der Waals surface area (Å²) in [4.78, 5) is 0. The van der Waals surface area contributed by atoms with Crippen molar-refractivity contribution >= 4 is 12.3 Å². The van der Waals surface area contributed by atoms with Crippen LogP contribution in [0.1, 0.15) is 5.56 Å². The molecule has 1 nitrogen and oxygen atoms in total. The van der Waals surface area contributed by atoms with Crippen molar-refractivity contribution in [3.63, 3.8) is 0 Å². The Hall–Kier alpha value is -2.02. The van der Waals surface area contributed by atoms with E-state index in [4.69, 9.17) is 0 Å². The third-order valence-corrected chi connectivity index (χ3v) is 2.27. The molecule has 0 radical (unpaired) electrons. The Morgan fingerprint density at radius 1 is 0.867 bits per heavy atom. The highest BCUT2D eigenvalue weighted by Crippen LogP contribution is 2.06. The second-order valence-electron chi connectivity index (χ2n) is 3.41. The van der Waals surface area contributed by atoms with Gasteiger partial charge in [-0.15, -0.1) is 0 Å². The first-order valence-electron chi connectivity index (χ1n) is 4.81. The lowest BCUT2D eigenvalue weighted by Gasteiger charge is -1.99. The van der Waals surface area contributed by atoms with Crippen LogP contribution in [0.5, 0.6) is 0 Å². The van der Waals surface area contributed by atoms with Crippen molar-refractivity contribution in [2.45, 2.75) is 0 Å². The molecular weight excluding hydrogens is 184 g/mol. The van der Waals surface area contributed by atoms with Crippen LogP contribution in [0.2, 0.25) is 0 Å². The number of hydrogen-bond donors (Lipinski definition) is 1. The molecule has 0 amide bonds. The lowest BCUT2D eigenvalue weighted by atomic mass is 10.1. The van der Waals surface area contributed by atoms with Crippen LogP contribution >= 0.6 is 0 Å². The summed E-state index contributed by atoms with van der Waals surface area (Å²) >= 11 is 0. The van der Waals surface area contributed by atoms with Crippen LogP contribution in [0.15, 0.2) is 54.6 Å². The number of aliphatic hydroxyl groups excluding tert-OH is 1. The van der Waals surface area contributed by atoms with Crippen LogP contribution < -0.4 is 10.4 Å². The van der Waals surface area contributed by atoms with E-state index in [9.17, 15) is 5.11 Å². The zero-order chi connectivity index (χ0) is 10.7. The molecule has 2 aromatic rings. The topological polar surface area (TPSA) is 20.2 Å². The summed E-state index contributed by atoms with van der Waals surface area (Å²) in [5.41, 5.74) is 0.828. The maximum Gasteiger partial charge on any atom is 0.130 e. The number of aliphatic hydroxyl groups is 1. The molecule has 0 bridgehead atoms. The summed E-state index contributed by atoms with van der Waals surface area (Å²) in [7, 11) is 0. The summed E-state index contributed by atoms with van der Waals surface area (Å²) in [5.74, 6) is 0.301. The van der Waals surface area contributed by atoms with Crippen LogP contribution in [0.25, 0.3) is 12.3 Å². The second kappa shape index (κ2) is 4.01. The molecule has 0 aliphatic carbocycles. The van der Waals surface area contributed by atoms with Gasteiger partial charge < -0.3 is 5.11 Å². The van der Waals surface area contributed by atoms with Crippen LogP contribution in [0.4, 0.5) is 0 Å². The minimum atomic E-state index is 0.301. The molecule has 0 unspecified atom stereocenters. The Morgan fingerprint density at radius 3 is 2.07 bits per heavy atom. The molecule has 0 saturated heterocycles. The van der Waals surface area contributed by atoms with Gasteiger partial charge in [0.15, 0.2) is 0 Å². The standard InChI is InChI=1S/C14H12O/c1-11-7-9-13(10-8-11)14(15)12-5-3-2-4-6-12/h2-10,15H,1H2. The molecule has 0 saturated carbocycles. The van der Waals surface area contributed by atoms with Gasteiger partial charge in [-0.2, -0.15) is 0 Å². The molecule has 0 fully saturated rings. The van der Waals surface area contributed by atoms with E-state index in [0.29, 0.717) is 5.76 Å². The molecule has 0 spiro atoms. The molecular formula is C14H12O. The fourth-order valence-corrected chi connectivity index (χ4v) is 1.43. The van der Waals surface area contributed by atoms with Gasteiger partial charge in [0.25, 0.3) is 0 Å². The quantitative estimate of drug-likeness (QED) is 0.737. The van der Waals surface area contributed by atoms with Crippen molar-refractivity contribution in [1.82, 2.24) is 0 Å². The average molecular weight is 196 g/mol. The van der Waals surface area contributed by atoms with Crippen molar-refractivity contribution < 1.29 is 5.11 Å². The minimum absolute atomic E-state index is 0.301. The van der Waals surface area contributed by atoms with Gasteiger partial charge >= 0.3 is 0 Å². The SMILES string of the molecule is C=c1ccc(=C(O)c2ccccc2)cc1. The largest absolute Gasteiger partial charge is 0.507 e. The van der Waals surface area contributed by atoms with Gasteiger partial charge in [0, 0.05) is 10.8 Å². The summed E-state index contributed by atoms with van der Waals surface area (Å²) < 4.78 is 0. The Balaban J connectivity index is 2.60. The molecule has 1 N–H and O–H groups in total. The van der Waals surface area contributed by atoms with E-state index in [1.165, 1.54) is 0 Å². The third kappa shape index (κ3) is 2.08. The van der Waals surface area contributed by atoms with Gasteiger partial charge in [0.05, 0.1) is 0 Å². The first-order chi connectivity index (χ1) is 7.27. The van der Waals surface area contributed by atoms with Gasteiger partial charge in [-0.05, 0) is 5.22 Å². The number of hydrogen-bond acceptors (Lipinski definition) is 1. The van der Waals surface area contributed by atoms with E-state index < -0.39 is 0 Å². The number of rotatable bonds is 1. The van der Waals surface area contributed by atoms with E-state index in [2.05, 4.69) is 6.58 Å². The van der Waals surface area contributed by atoms with E-state index in [0.717, 1.165) is 16.0 Å². The Bertz CT molecular complexity index is 532. The zero-order valence-corrected chi connectivity index (χ0v) is 8.35. The maximum absolute atomic E-state index is 9.98. The lowest BCUT2D eigenvalue weighted by Crippen LogP contribution is -2.09. The van der Waals surface area contributed by atoms with E-state index in [1.807, 2.05) is 54.6 Å². The highest BCUT2D eigenvalue weighted by Gasteiger charge is 1.97. The highest BCUT2D eigenvalue weighted by molar-refractivity contribution is 5.57. The van der Waals surface area contributed by atoms with Crippen LogP contribution in [0, 0.1) is 0 Å². The summed E-state index contributed by atoms with van der Waals surface area (Å²) in [6.07, 6.45) is 0. The molecule has 74 valence electrons. The fraction of sp³-hybridized carbons (Fsp3) is 0. The van der Waals surface area contributed by atoms with Crippen LogP contribution in [-0.4, -0.2) is 5.11 Å². The van der Waals surface area contributed by atoms with Crippen LogP contribution in [-0.2, 0) is 0 Å². The smallest absolute Gasteiger partial charge is 0.130 e. The maximum atomic E-state index is 9.98. The molecule has 0 atom stereocenters. The van der Waals surface area contributed by atoms with Gasteiger partial charge in [0.2, 0.25) is 0 Å². The van der Waals surface area contributed by atoms with Gasteiger partial charge in [0.1, 0.15) is 5.76 Å². The fourth-order valence-electron chi connectivity index (χ4n) is 1.43. The van der Waals surface area contributed by atoms with Gasteiger partial charge in [-0.3, -0.25) is 0 Å². The Labute approximate surface area is 88.6 Å². The summed E-state index contributed by atoms with van der Waals surface area (Å²) in [5, 5.41) is 11.7. The average Bonchev–Trinajstić information content (AvgIpc) is 2.30. The molecule has 0 aliphatic heterocycles. The summed E-state index contributed by atoms with van der Waals surface area (Å²) in [6.45, 7) is 3.80. The molecule has 2 rings (SSSR count). The van der Waals surface area contributed by atoms with Crippen molar-refractivity contribution in [3.8, 4) is 0 Å². The minimum Gasteiger partial charge on any atom is -0.507 e. The van der Waals surface area contributed by atoms with Gasteiger partial charge in [-0.25, -0.2) is 0 Å². The molecule has 0 aromatic heterocycles. The normalized spacial score (nSPS) is 9.87. The molecule has 0 aliphatic rings. The predicted molar refractivity (Wildman–Crippen MR) is 62.8 cm³/mol. The lowest BCUT2D eigenvalue weighted by molar-refractivity contribution is 0.507. The van der Waals surface area contributed by atoms with Crippen molar-refractivity contribution in [2.75, 3.05) is 0 Å². The van der Waals surface area contributed by atoms with Crippen molar-refractivity contribution in [3.05, 3.63) is 70.6 Å². The monoisotopic (exact) mass is 196 g/mol. The predicted octanol–water partition coefficient (Wildman–Crippen LogP) is 1.81. The van der Waals surface area contributed by atoms with Crippen molar-refractivity contribution in [2.24, 2.45) is 0 Å². The number of benzene rings is 2.